The lowest BCUT2D eigenvalue weighted by Gasteiger charge is -2.31. The SMILES string of the molecule is CN1CCN(S(=O)(=O)c2ccc(Oc3ccc4c(c3)OCO4)c([N+](=O)[O-])c2)CC1. The summed E-state index contributed by atoms with van der Waals surface area (Å²) in [6, 6.07) is 8.44. The molecule has 0 atom stereocenters. The van der Waals surface area contributed by atoms with Gasteiger partial charge >= 0.3 is 5.69 Å². The molecule has 0 amide bonds. The zero-order valence-electron chi connectivity index (χ0n) is 15.6. The van der Waals surface area contributed by atoms with Crippen LogP contribution in [-0.2, 0) is 10.0 Å². The molecule has 0 aliphatic carbocycles. The lowest BCUT2D eigenvalue weighted by Crippen LogP contribution is -2.47. The minimum absolute atomic E-state index is 0.0637. The normalized spacial score (nSPS) is 17.3. The highest BCUT2D eigenvalue weighted by molar-refractivity contribution is 7.89. The standard InChI is InChI=1S/C18H19N3O7S/c1-19-6-8-20(9-7-19)29(24,25)14-3-5-16(15(11-14)21(22)23)28-13-2-4-17-18(10-13)27-12-26-17/h2-5,10-11H,6-9,12H2,1H3. The highest BCUT2D eigenvalue weighted by atomic mass is 32.2. The van der Waals surface area contributed by atoms with Gasteiger partial charge in [-0.2, -0.15) is 4.31 Å². The van der Waals surface area contributed by atoms with Gasteiger partial charge in [0.1, 0.15) is 5.75 Å². The molecular weight excluding hydrogens is 402 g/mol. The minimum Gasteiger partial charge on any atom is -0.454 e. The third-order valence-electron chi connectivity index (χ3n) is 4.80. The second kappa shape index (κ2) is 7.50. The third-order valence-corrected chi connectivity index (χ3v) is 6.69. The third kappa shape index (κ3) is 3.84. The van der Waals surface area contributed by atoms with Crippen molar-refractivity contribution >= 4 is 15.7 Å². The first-order valence-electron chi connectivity index (χ1n) is 8.89. The van der Waals surface area contributed by atoms with E-state index in [-0.39, 0.29) is 17.4 Å². The maximum Gasteiger partial charge on any atom is 0.312 e. The lowest BCUT2D eigenvalue weighted by atomic mass is 10.2. The molecule has 0 unspecified atom stereocenters. The van der Waals surface area contributed by atoms with Crippen LogP contribution in [-0.4, -0.2) is 62.6 Å². The summed E-state index contributed by atoms with van der Waals surface area (Å²) in [4.78, 5) is 12.8. The summed E-state index contributed by atoms with van der Waals surface area (Å²) in [7, 11) is -1.92. The predicted molar refractivity (Wildman–Crippen MR) is 102 cm³/mol. The topological polar surface area (TPSA) is 111 Å². The van der Waals surface area contributed by atoms with Crippen molar-refractivity contribution in [3.63, 3.8) is 0 Å². The Balaban J connectivity index is 1.62. The summed E-state index contributed by atoms with van der Waals surface area (Å²) < 4.78 is 43.2. The van der Waals surface area contributed by atoms with Crippen LogP contribution in [0.2, 0.25) is 0 Å². The summed E-state index contributed by atoms with van der Waals surface area (Å²) in [5, 5.41) is 11.6. The Hall–Kier alpha value is -2.89. The molecule has 2 heterocycles. The van der Waals surface area contributed by atoms with Gasteiger partial charge in [0.05, 0.1) is 9.82 Å². The number of fused-ring (bicyclic) bond motifs is 1. The molecule has 1 fully saturated rings. The Kier molecular flexibility index (Phi) is 5.03. The monoisotopic (exact) mass is 421 g/mol. The molecule has 0 N–H and O–H groups in total. The van der Waals surface area contributed by atoms with E-state index >= 15 is 0 Å². The van der Waals surface area contributed by atoms with Crippen LogP contribution in [0.1, 0.15) is 0 Å². The van der Waals surface area contributed by atoms with Gasteiger partial charge in [0, 0.05) is 38.3 Å². The van der Waals surface area contributed by atoms with Gasteiger partial charge in [-0.15, -0.1) is 0 Å². The van der Waals surface area contributed by atoms with Crippen molar-refractivity contribution in [2.45, 2.75) is 4.90 Å². The summed E-state index contributed by atoms with van der Waals surface area (Å²) in [5.74, 6) is 1.28. The van der Waals surface area contributed by atoms with E-state index in [4.69, 9.17) is 14.2 Å². The van der Waals surface area contributed by atoms with Crippen molar-refractivity contribution in [1.29, 1.82) is 0 Å². The zero-order valence-corrected chi connectivity index (χ0v) is 16.4. The van der Waals surface area contributed by atoms with Gasteiger partial charge in [-0.1, -0.05) is 0 Å². The molecule has 2 aromatic rings. The van der Waals surface area contributed by atoms with Crippen molar-refractivity contribution in [3.8, 4) is 23.0 Å². The average Bonchev–Trinajstić information content (AvgIpc) is 3.16. The predicted octanol–water partition coefficient (Wildman–Crippen LogP) is 2.05. The molecule has 0 bridgehead atoms. The molecule has 2 aliphatic rings. The van der Waals surface area contributed by atoms with E-state index in [0.717, 1.165) is 6.07 Å². The number of likely N-dealkylation sites (N-methyl/N-ethyl adjacent to an activating group) is 1. The van der Waals surface area contributed by atoms with Crippen LogP contribution in [0.4, 0.5) is 5.69 Å². The quantitative estimate of drug-likeness (QED) is 0.533. The van der Waals surface area contributed by atoms with Crippen LogP contribution in [0.25, 0.3) is 0 Å². The minimum atomic E-state index is -3.83. The second-order valence-electron chi connectivity index (χ2n) is 6.71. The van der Waals surface area contributed by atoms with Gasteiger partial charge in [-0.25, -0.2) is 8.42 Å². The number of ether oxygens (including phenoxy) is 3. The molecule has 2 aliphatic heterocycles. The maximum atomic E-state index is 12.9. The van der Waals surface area contributed by atoms with Crippen LogP contribution in [0.15, 0.2) is 41.3 Å². The van der Waals surface area contributed by atoms with Crippen LogP contribution < -0.4 is 14.2 Å². The molecule has 0 spiro atoms. The molecule has 11 heteroatoms. The lowest BCUT2D eigenvalue weighted by molar-refractivity contribution is -0.385. The molecule has 0 saturated carbocycles. The van der Waals surface area contributed by atoms with Crippen molar-refractivity contribution in [2.75, 3.05) is 40.0 Å². The fourth-order valence-corrected chi connectivity index (χ4v) is 4.57. The number of hydrogen-bond acceptors (Lipinski definition) is 8. The second-order valence-corrected chi connectivity index (χ2v) is 8.65. The molecule has 2 aromatic carbocycles. The molecule has 154 valence electrons. The van der Waals surface area contributed by atoms with E-state index in [9.17, 15) is 18.5 Å². The maximum absolute atomic E-state index is 12.9. The Morgan fingerprint density at radius 1 is 1.03 bits per heavy atom. The summed E-state index contributed by atoms with van der Waals surface area (Å²) in [6.07, 6.45) is 0. The van der Waals surface area contributed by atoms with Crippen LogP contribution in [0, 0.1) is 10.1 Å². The number of nitrogens with zero attached hydrogens (tertiary/aromatic N) is 3. The number of hydrogen-bond donors (Lipinski definition) is 0. The first-order valence-corrected chi connectivity index (χ1v) is 10.3. The Morgan fingerprint density at radius 2 is 1.76 bits per heavy atom. The Labute approximate surface area is 167 Å². The fraction of sp³-hybridized carbons (Fsp3) is 0.333. The van der Waals surface area contributed by atoms with Crippen molar-refractivity contribution < 1.29 is 27.6 Å². The first-order chi connectivity index (χ1) is 13.8. The highest BCUT2D eigenvalue weighted by Crippen LogP contribution is 2.39. The highest BCUT2D eigenvalue weighted by Gasteiger charge is 2.30. The van der Waals surface area contributed by atoms with Crippen LogP contribution in [0.5, 0.6) is 23.0 Å². The molecule has 0 radical (unpaired) electrons. The van der Waals surface area contributed by atoms with E-state index in [1.807, 2.05) is 11.9 Å². The summed E-state index contributed by atoms with van der Waals surface area (Å²) >= 11 is 0. The zero-order chi connectivity index (χ0) is 20.6. The van der Waals surface area contributed by atoms with E-state index in [1.54, 1.807) is 18.2 Å². The largest absolute Gasteiger partial charge is 0.454 e. The average molecular weight is 421 g/mol. The van der Waals surface area contributed by atoms with E-state index < -0.39 is 20.6 Å². The van der Waals surface area contributed by atoms with Gasteiger partial charge in [0.25, 0.3) is 0 Å². The summed E-state index contributed by atoms with van der Waals surface area (Å²) in [6.45, 7) is 1.97. The summed E-state index contributed by atoms with van der Waals surface area (Å²) in [5.41, 5.74) is -0.433. The van der Waals surface area contributed by atoms with Crippen molar-refractivity contribution in [3.05, 3.63) is 46.5 Å². The number of nitro groups is 1. The smallest absolute Gasteiger partial charge is 0.312 e. The molecule has 4 rings (SSSR count). The number of rotatable bonds is 5. The van der Waals surface area contributed by atoms with Gasteiger partial charge in [-0.05, 0) is 31.3 Å². The van der Waals surface area contributed by atoms with Crippen LogP contribution >= 0.6 is 0 Å². The van der Waals surface area contributed by atoms with E-state index in [0.29, 0.717) is 43.4 Å². The fourth-order valence-electron chi connectivity index (χ4n) is 3.13. The Bertz CT molecular complexity index is 1050. The van der Waals surface area contributed by atoms with Gasteiger partial charge in [0.15, 0.2) is 11.5 Å². The van der Waals surface area contributed by atoms with Gasteiger partial charge in [0.2, 0.25) is 22.6 Å². The number of benzene rings is 2. The van der Waals surface area contributed by atoms with Crippen LogP contribution in [0.3, 0.4) is 0 Å². The molecule has 29 heavy (non-hydrogen) atoms. The van der Waals surface area contributed by atoms with Gasteiger partial charge in [-0.3, -0.25) is 10.1 Å². The number of nitro benzene ring substituents is 1. The molecular formula is C18H19N3O7S. The van der Waals surface area contributed by atoms with Gasteiger partial charge < -0.3 is 19.1 Å². The molecule has 1 saturated heterocycles. The Morgan fingerprint density at radius 3 is 2.48 bits per heavy atom. The first kappa shape index (κ1) is 19.4. The molecule has 0 aromatic heterocycles. The van der Waals surface area contributed by atoms with Crippen molar-refractivity contribution in [2.24, 2.45) is 0 Å². The molecule has 10 nitrogen and oxygen atoms in total. The number of piperazine rings is 1. The van der Waals surface area contributed by atoms with E-state index in [2.05, 4.69) is 0 Å². The number of sulfonamides is 1. The van der Waals surface area contributed by atoms with E-state index in [1.165, 1.54) is 16.4 Å². The van der Waals surface area contributed by atoms with Crippen molar-refractivity contribution in [1.82, 2.24) is 9.21 Å².